The van der Waals surface area contributed by atoms with Crippen LogP contribution >= 0.6 is 15.9 Å². The Bertz CT molecular complexity index is 1170. The van der Waals surface area contributed by atoms with Crippen molar-refractivity contribution in [1.82, 2.24) is 10.2 Å². The minimum atomic E-state index is -0.851. The van der Waals surface area contributed by atoms with Crippen molar-refractivity contribution in [2.45, 2.75) is 52.2 Å². The molecule has 7 heteroatoms. The second-order valence-electron chi connectivity index (χ2n) is 8.89. The molecule has 0 fully saturated rings. The standard InChI is InChI=1S/C29H32BrFN2O3/c1-4-21-14-15-27(24(30)16-21)36-19-28(34)33(18-23-12-8-9-13-25(23)31)26(29(35)32-20(2)3)17-22-10-6-5-7-11-22/h5-16,20,26H,4,17-19H2,1-3H3,(H,32,35)/t26-/m0/s1. The Morgan fingerprint density at radius 3 is 2.33 bits per heavy atom. The number of aryl methyl sites for hydroxylation is 1. The first-order valence-electron chi connectivity index (χ1n) is 12.1. The van der Waals surface area contributed by atoms with Gasteiger partial charge in [-0.2, -0.15) is 0 Å². The number of nitrogens with zero attached hydrogens (tertiary/aromatic N) is 1. The zero-order chi connectivity index (χ0) is 26.1. The molecule has 190 valence electrons. The van der Waals surface area contributed by atoms with E-state index >= 15 is 0 Å². The molecule has 0 bridgehead atoms. The number of carbonyl (C=O) groups excluding carboxylic acids is 2. The summed E-state index contributed by atoms with van der Waals surface area (Å²) in [5.74, 6) is -0.619. The molecule has 0 aliphatic heterocycles. The Hall–Kier alpha value is -3.19. The van der Waals surface area contributed by atoms with Crippen LogP contribution in [0.2, 0.25) is 0 Å². The summed E-state index contributed by atoms with van der Waals surface area (Å²) in [4.78, 5) is 28.3. The minimum absolute atomic E-state index is 0.0617. The van der Waals surface area contributed by atoms with Crippen molar-refractivity contribution in [2.24, 2.45) is 0 Å². The molecule has 3 aromatic carbocycles. The largest absolute Gasteiger partial charge is 0.483 e. The van der Waals surface area contributed by atoms with Gasteiger partial charge >= 0.3 is 0 Å². The van der Waals surface area contributed by atoms with Gasteiger partial charge in [0.1, 0.15) is 17.6 Å². The number of amides is 2. The van der Waals surface area contributed by atoms with Crippen LogP contribution in [0.1, 0.15) is 37.5 Å². The Balaban J connectivity index is 1.92. The normalized spacial score (nSPS) is 11.7. The van der Waals surface area contributed by atoms with E-state index in [-0.39, 0.29) is 31.5 Å². The zero-order valence-corrected chi connectivity index (χ0v) is 22.4. The van der Waals surface area contributed by atoms with E-state index in [1.54, 1.807) is 18.2 Å². The molecule has 36 heavy (non-hydrogen) atoms. The fourth-order valence-electron chi connectivity index (χ4n) is 3.85. The first kappa shape index (κ1) is 27.4. The van der Waals surface area contributed by atoms with E-state index in [0.29, 0.717) is 11.3 Å². The Morgan fingerprint density at radius 1 is 1.00 bits per heavy atom. The fourth-order valence-corrected chi connectivity index (χ4v) is 4.39. The lowest BCUT2D eigenvalue weighted by atomic mass is 10.0. The number of halogens is 2. The molecule has 0 aliphatic carbocycles. The summed E-state index contributed by atoms with van der Waals surface area (Å²) in [6.45, 7) is 5.43. The molecule has 0 heterocycles. The molecule has 3 rings (SSSR count). The molecule has 0 unspecified atom stereocenters. The van der Waals surface area contributed by atoms with Crippen molar-refractivity contribution < 1.29 is 18.7 Å². The lowest BCUT2D eigenvalue weighted by molar-refractivity contribution is -0.143. The third kappa shape index (κ3) is 7.65. The maximum Gasteiger partial charge on any atom is 0.261 e. The van der Waals surface area contributed by atoms with Gasteiger partial charge in [0.05, 0.1) is 4.47 Å². The number of hydrogen-bond donors (Lipinski definition) is 1. The summed E-state index contributed by atoms with van der Waals surface area (Å²) in [5.41, 5.74) is 2.36. The molecule has 1 atom stereocenters. The highest BCUT2D eigenvalue weighted by atomic mass is 79.9. The lowest BCUT2D eigenvalue weighted by Gasteiger charge is -2.32. The molecule has 0 saturated carbocycles. The van der Waals surface area contributed by atoms with Gasteiger partial charge in [0.25, 0.3) is 5.91 Å². The second-order valence-corrected chi connectivity index (χ2v) is 9.74. The Morgan fingerprint density at radius 2 is 1.69 bits per heavy atom. The zero-order valence-electron chi connectivity index (χ0n) is 20.8. The average Bonchev–Trinajstić information content (AvgIpc) is 2.86. The number of hydrogen-bond acceptors (Lipinski definition) is 3. The maximum absolute atomic E-state index is 14.6. The van der Waals surface area contributed by atoms with Gasteiger partial charge < -0.3 is 15.0 Å². The van der Waals surface area contributed by atoms with Crippen molar-refractivity contribution in [3.8, 4) is 5.75 Å². The van der Waals surface area contributed by atoms with Gasteiger partial charge in [-0.1, -0.05) is 61.5 Å². The predicted octanol–water partition coefficient (Wildman–Crippen LogP) is 5.69. The highest BCUT2D eigenvalue weighted by molar-refractivity contribution is 9.10. The predicted molar refractivity (Wildman–Crippen MR) is 143 cm³/mol. The lowest BCUT2D eigenvalue weighted by Crippen LogP contribution is -2.53. The van der Waals surface area contributed by atoms with Crippen molar-refractivity contribution in [2.75, 3.05) is 6.61 Å². The van der Waals surface area contributed by atoms with Crippen LogP contribution in [-0.4, -0.2) is 35.4 Å². The molecule has 1 N–H and O–H groups in total. The SMILES string of the molecule is CCc1ccc(OCC(=O)N(Cc2ccccc2F)[C@@H](Cc2ccccc2)C(=O)NC(C)C)c(Br)c1. The van der Waals surface area contributed by atoms with Crippen LogP contribution in [0, 0.1) is 5.82 Å². The van der Waals surface area contributed by atoms with Gasteiger partial charge in [-0.05, 0) is 65.5 Å². The van der Waals surface area contributed by atoms with Crippen molar-refractivity contribution >= 4 is 27.7 Å². The molecular weight excluding hydrogens is 523 g/mol. The third-order valence-corrected chi connectivity index (χ3v) is 6.38. The third-order valence-electron chi connectivity index (χ3n) is 5.76. The highest BCUT2D eigenvalue weighted by Gasteiger charge is 2.31. The fraction of sp³-hybridized carbons (Fsp3) is 0.310. The Labute approximate surface area is 220 Å². The van der Waals surface area contributed by atoms with Crippen LogP contribution in [0.4, 0.5) is 4.39 Å². The molecule has 0 radical (unpaired) electrons. The molecule has 0 spiro atoms. The van der Waals surface area contributed by atoms with Gasteiger partial charge in [-0.15, -0.1) is 0 Å². The van der Waals surface area contributed by atoms with E-state index < -0.39 is 17.8 Å². The maximum atomic E-state index is 14.6. The summed E-state index contributed by atoms with van der Waals surface area (Å²) in [6.07, 6.45) is 1.16. The Kier molecular flexibility index (Phi) is 10.1. The van der Waals surface area contributed by atoms with E-state index in [9.17, 15) is 14.0 Å². The van der Waals surface area contributed by atoms with Gasteiger partial charge in [0.15, 0.2) is 6.61 Å². The molecule has 5 nitrogen and oxygen atoms in total. The van der Waals surface area contributed by atoms with E-state index in [0.717, 1.165) is 22.0 Å². The average molecular weight is 555 g/mol. The quantitative estimate of drug-likeness (QED) is 0.331. The number of nitrogens with one attached hydrogen (secondary N) is 1. The van der Waals surface area contributed by atoms with Crippen molar-refractivity contribution in [3.05, 3.63) is 99.8 Å². The number of carbonyl (C=O) groups is 2. The topological polar surface area (TPSA) is 58.6 Å². The van der Waals surface area contributed by atoms with Crippen LogP contribution in [0.5, 0.6) is 5.75 Å². The van der Waals surface area contributed by atoms with Crippen molar-refractivity contribution in [3.63, 3.8) is 0 Å². The number of benzene rings is 3. The minimum Gasteiger partial charge on any atom is -0.483 e. The molecule has 3 aromatic rings. The number of ether oxygens (including phenoxy) is 1. The number of rotatable bonds is 11. The summed E-state index contributed by atoms with van der Waals surface area (Å²) >= 11 is 3.50. The molecular formula is C29H32BrFN2O3. The van der Waals surface area contributed by atoms with Crippen LogP contribution in [0.25, 0.3) is 0 Å². The molecule has 0 aromatic heterocycles. The van der Waals surface area contributed by atoms with Crippen molar-refractivity contribution in [1.29, 1.82) is 0 Å². The summed E-state index contributed by atoms with van der Waals surface area (Å²) in [5, 5.41) is 2.92. The van der Waals surface area contributed by atoms with E-state index in [1.165, 1.54) is 11.0 Å². The molecule has 2 amide bonds. The highest BCUT2D eigenvalue weighted by Crippen LogP contribution is 2.26. The van der Waals surface area contributed by atoms with E-state index in [2.05, 4.69) is 28.2 Å². The van der Waals surface area contributed by atoms with Crippen LogP contribution in [0.3, 0.4) is 0 Å². The summed E-state index contributed by atoms with van der Waals surface area (Å²) < 4.78 is 21.2. The van der Waals surface area contributed by atoms with E-state index in [1.807, 2.05) is 62.4 Å². The smallest absolute Gasteiger partial charge is 0.261 e. The van der Waals surface area contributed by atoms with Crippen LogP contribution < -0.4 is 10.1 Å². The first-order chi connectivity index (χ1) is 17.3. The van der Waals surface area contributed by atoms with E-state index in [4.69, 9.17) is 4.74 Å². The van der Waals surface area contributed by atoms with Crippen LogP contribution in [-0.2, 0) is 29.0 Å². The monoisotopic (exact) mass is 554 g/mol. The molecule has 0 saturated heterocycles. The van der Waals surface area contributed by atoms with Gasteiger partial charge in [0.2, 0.25) is 5.91 Å². The van der Waals surface area contributed by atoms with Crippen LogP contribution in [0.15, 0.2) is 77.3 Å². The second kappa shape index (κ2) is 13.2. The summed E-state index contributed by atoms with van der Waals surface area (Å²) in [6, 6.07) is 20.5. The molecule has 0 aliphatic rings. The summed E-state index contributed by atoms with van der Waals surface area (Å²) in [7, 11) is 0. The first-order valence-corrected chi connectivity index (χ1v) is 12.9. The van der Waals surface area contributed by atoms with Gasteiger partial charge in [0, 0.05) is 24.6 Å². The van der Waals surface area contributed by atoms with Gasteiger partial charge in [-0.3, -0.25) is 9.59 Å². The van der Waals surface area contributed by atoms with Gasteiger partial charge in [-0.25, -0.2) is 4.39 Å².